The van der Waals surface area contributed by atoms with E-state index in [9.17, 15) is 18.7 Å². The molecular weight excluding hydrogens is 480 g/mol. The average Bonchev–Trinajstić information content (AvgIpc) is 3.66. The van der Waals surface area contributed by atoms with Crippen LogP contribution in [-0.2, 0) is 18.6 Å². The van der Waals surface area contributed by atoms with Crippen molar-refractivity contribution in [3.8, 4) is 5.69 Å². The zero-order valence-electron chi connectivity index (χ0n) is 19.9. The van der Waals surface area contributed by atoms with Crippen molar-refractivity contribution in [3.05, 3.63) is 69.9 Å². The van der Waals surface area contributed by atoms with Gasteiger partial charge >= 0.3 is 0 Å². The van der Waals surface area contributed by atoms with Gasteiger partial charge in [-0.3, -0.25) is 9.78 Å². The molecule has 9 nitrogen and oxygen atoms in total. The van der Waals surface area contributed by atoms with Crippen molar-refractivity contribution in [1.29, 1.82) is 0 Å². The highest BCUT2D eigenvalue weighted by Gasteiger charge is 2.57. The third kappa shape index (κ3) is 3.80. The summed E-state index contributed by atoms with van der Waals surface area (Å²) in [7, 11) is 0. The Balaban J connectivity index is 1.31. The molecule has 37 heavy (non-hydrogen) atoms. The second kappa shape index (κ2) is 7.90. The molecule has 3 aromatic heterocycles. The van der Waals surface area contributed by atoms with Gasteiger partial charge in [0, 0.05) is 37.5 Å². The maximum absolute atomic E-state index is 13.6. The summed E-state index contributed by atoms with van der Waals surface area (Å²) in [6, 6.07) is 9.42. The quantitative estimate of drug-likeness (QED) is 0.382. The lowest BCUT2D eigenvalue weighted by Gasteiger charge is -2.42. The molecule has 1 aliphatic heterocycles. The van der Waals surface area contributed by atoms with Gasteiger partial charge in [-0.25, -0.2) is 23.1 Å². The molecule has 0 bridgehead atoms. The number of aromatic nitrogens is 5. The Hall–Kier alpha value is -3.70. The van der Waals surface area contributed by atoms with Gasteiger partial charge in [0.25, 0.3) is 11.5 Å². The van der Waals surface area contributed by atoms with E-state index in [0.717, 1.165) is 38.0 Å². The van der Waals surface area contributed by atoms with Crippen LogP contribution in [0.5, 0.6) is 0 Å². The van der Waals surface area contributed by atoms with Crippen molar-refractivity contribution in [2.45, 2.75) is 56.2 Å². The fourth-order valence-electron chi connectivity index (χ4n) is 5.43. The van der Waals surface area contributed by atoms with Crippen LogP contribution in [0, 0.1) is 0 Å². The van der Waals surface area contributed by atoms with Crippen LogP contribution in [0.15, 0.2) is 47.5 Å². The molecule has 11 heteroatoms. The van der Waals surface area contributed by atoms with Gasteiger partial charge in [0.1, 0.15) is 11.0 Å². The molecule has 0 atom stereocenters. The summed E-state index contributed by atoms with van der Waals surface area (Å²) in [5.41, 5.74) is 2.57. The van der Waals surface area contributed by atoms with Gasteiger partial charge in [-0.2, -0.15) is 4.98 Å². The first-order chi connectivity index (χ1) is 17.8. The van der Waals surface area contributed by atoms with Crippen LogP contribution in [0.4, 0.5) is 20.4 Å². The molecule has 2 fully saturated rings. The first-order valence-electron chi connectivity index (χ1n) is 12.5. The Labute approximate surface area is 210 Å². The molecule has 0 unspecified atom stereocenters. The molecule has 7 rings (SSSR count). The summed E-state index contributed by atoms with van der Waals surface area (Å²) in [6.45, 7) is 1.78. The van der Waals surface area contributed by atoms with Crippen molar-refractivity contribution in [2.75, 3.05) is 11.9 Å². The van der Waals surface area contributed by atoms with E-state index in [0.29, 0.717) is 22.7 Å². The lowest BCUT2D eigenvalue weighted by atomic mass is 9.74. The van der Waals surface area contributed by atoms with Crippen molar-refractivity contribution in [3.63, 3.8) is 0 Å². The number of benzene rings is 1. The zero-order valence-corrected chi connectivity index (χ0v) is 19.9. The third-order valence-corrected chi connectivity index (χ3v) is 7.43. The number of nitrogens with one attached hydrogen (secondary N) is 2. The molecule has 4 heterocycles. The number of nitrogens with zero attached hydrogens (tertiary/aromatic N) is 5. The Morgan fingerprint density at radius 1 is 1.11 bits per heavy atom. The fraction of sp³-hybridized carbons (Fsp3) is 0.385. The Morgan fingerprint density at radius 2 is 1.95 bits per heavy atom. The maximum atomic E-state index is 13.6. The molecule has 3 aliphatic rings. The Bertz CT molecular complexity index is 1600. The smallest absolute Gasteiger partial charge is 0.278 e. The first-order valence-corrected chi connectivity index (χ1v) is 12.5. The van der Waals surface area contributed by atoms with Gasteiger partial charge < -0.3 is 15.7 Å². The molecule has 0 saturated heterocycles. The summed E-state index contributed by atoms with van der Waals surface area (Å²) in [5.74, 6) is -2.57. The predicted molar refractivity (Wildman–Crippen MR) is 132 cm³/mol. The molecule has 0 radical (unpaired) electrons. The van der Waals surface area contributed by atoms with Crippen molar-refractivity contribution < 1.29 is 13.9 Å². The van der Waals surface area contributed by atoms with Crippen LogP contribution in [-0.4, -0.2) is 41.9 Å². The second-order valence-corrected chi connectivity index (χ2v) is 10.3. The summed E-state index contributed by atoms with van der Waals surface area (Å²) >= 11 is 0. The predicted octanol–water partition coefficient (Wildman–Crippen LogP) is 3.32. The molecule has 0 spiro atoms. The Morgan fingerprint density at radius 3 is 2.73 bits per heavy atom. The fourth-order valence-corrected chi connectivity index (χ4v) is 5.43. The van der Waals surface area contributed by atoms with E-state index in [1.165, 1.54) is 23.5 Å². The molecule has 0 amide bonds. The van der Waals surface area contributed by atoms with E-state index < -0.39 is 24.4 Å². The SMILES string of the molecule is O=c1c2cnc(Nc3ccc4c(c3)CCNC4)nc2n(-c2ccnc(C3(O)CC(F)(F)C3)c2)n1C1CC1. The van der Waals surface area contributed by atoms with Crippen molar-refractivity contribution in [1.82, 2.24) is 29.6 Å². The van der Waals surface area contributed by atoms with Gasteiger partial charge in [-0.15, -0.1) is 0 Å². The van der Waals surface area contributed by atoms with Gasteiger partial charge in [-0.05, 0) is 61.2 Å². The standard InChI is InChI=1S/C26H25F2N7O2/c27-26(28)13-25(37,14-26)21-10-19(6-8-30-21)34-22-20(23(36)35(34)18-3-4-18)12-31-24(33-22)32-17-2-1-16-11-29-7-5-15(16)9-17/h1-2,6,8-10,12,18,29,37H,3-5,7,11,13-14H2,(H,31,32,33). The number of rotatable bonds is 5. The van der Waals surface area contributed by atoms with Crippen LogP contribution < -0.4 is 16.2 Å². The molecule has 2 saturated carbocycles. The van der Waals surface area contributed by atoms with Crippen LogP contribution in [0.25, 0.3) is 16.7 Å². The second-order valence-electron chi connectivity index (χ2n) is 10.3. The number of hydrogen-bond donors (Lipinski definition) is 3. The van der Waals surface area contributed by atoms with Crippen LogP contribution in [0.3, 0.4) is 0 Å². The van der Waals surface area contributed by atoms with E-state index in [-0.39, 0.29) is 17.3 Å². The summed E-state index contributed by atoms with van der Waals surface area (Å²) in [5, 5.41) is 17.7. The van der Waals surface area contributed by atoms with E-state index in [1.807, 2.05) is 6.07 Å². The minimum absolute atomic E-state index is 0.0140. The lowest BCUT2D eigenvalue weighted by Crippen LogP contribution is -2.49. The largest absolute Gasteiger partial charge is 0.383 e. The molecule has 190 valence electrons. The van der Waals surface area contributed by atoms with E-state index in [1.54, 1.807) is 21.5 Å². The van der Waals surface area contributed by atoms with Crippen molar-refractivity contribution >= 4 is 22.7 Å². The summed E-state index contributed by atoms with van der Waals surface area (Å²) in [6.07, 6.45) is 4.29. The monoisotopic (exact) mass is 505 g/mol. The highest BCUT2D eigenvalue weighted by atomic mass is 19.3. The molecule has 2 aliphatic carbocycles. The highest BCUT2D eigenvalue weighted by molar-refractivity contribution is 5.77. The van der Waals surface area contributed by atoms with Crippen molar-refractivity contribution in [2.24, 2.45) is 0 Å². The van der Waals surface area contributed by atoms with E-state index >= 15 is 0 Å². The van der Waals surface area contributed by atoms with Gasteiger partial charge in [-0.1, -0.05) is 6.07 Å². The van der Waals surface area contributed by atoms with Gasteiger partial charge in [0.15, 0.2) is 5.65 Å². The Kier molecular flexibility index (Phi) is 4.80. The number of hydrogen-bond acceptors (Lipinski definition) is 7. The van der Waals surface area contributed by atoms with E-state index in [2.05, 4.69) is 32.7 Å². The molecular formula is C26H25F2N7O2. The van der Waals surface area contributed by atoms with Crippen LogP contribution >= 0.6 is 0 Å². The first kappa shape index (κ1) is 22.5. The highest BCUT2D eigenvalue weighted by Crippen LogP contribution is 2.51. The number of aliphatic hydroxyl groups is 1. The van der Waals surface area contributed by atoms with E-state index in [4.69, 9.17) is 4.98 Å². The van der Waals surface area contributed by atoms with Crippen LogP contribution in [0.2, 0.25) is 0 Å². The number of halogens is 2. The normalized spacial score (nSPS) is 19.9. The minimum atomic E-state index is -2.91. The summed E-state index contributed by atoms with van der Waals surface area (Å²) < 4.78 is 30.5. The van der Waals surface area contributed by atoms with Crippen LogP contribution in [0.1, 0.15) is 48.5 Å². The average molecular weight is 506 g/mol. The number of fused-ring (bicyclic) bond motifs is 2. The molecule has 3 N–H and O–H groups in total. The zero-order chi connectivity index (χ0) is 25.4. The lowest BCUT2D eigenvalue weighted by molar-refractivity contribution is -0.212. The third-order valence-electron chi connectivity index (χ3n) is 7.43. The number of anilines is 2. The topological polar surface area (TPSA) is 110 Å². The molecule has 4 aromatic rings. The number of pyridine rings is 1. The van der Waals surface area contributed by atoms with Gasteiger partial charge in [0.05, 0.1) is 17.4 Å². The summed E-state index contributed by atoms with van der Waals surface area (Å²) in [4.78, 5) is 26.6. The number of alkyl halides is 2. The molecule has 1 aromatic carbocycles. The van der Waals surface area contributed by atoms with Gasteiger partial charge in [0.2, 0.25) is 5.95 Å². The minimum Gasteiger partial charge on any atom is -0.383 e. The maximum Gasteiger partial charge on any atom is 0.278 e.